The number of esters is 1. The normalized spacial score (nSPS) is 12.1. The number of hydrogen-bond donors (Lipinski definition) is 0. The summed E-state index contributed by atoms with van der Waals surface area (Å²) in [4.78, 5) is 17.2. The lowest BCUT2D eigenvalue weighted by Crippen LogP contribution is -2.30. The first-order valence-corrected chi connectivity index (χ1v) is 7.86. The molecule has 0 aliphatic heterocycles. The number of hydroxylamine groups is 2. The minimum absolute atomic E-state index is 0.267. The monoisotopic (exact) mass is 313 g/mol. The number of ether oxygens (including phenoxy) is 1. The van der Waals surface area contributed by atoms with Gasteiger partial charge in [-0.25, -0.2) is 0 Å². The van der Waals surface area contributed by atoms with Crippen LogP contribution >= 0.6 is 0 Å². The van der Waals surface area contributed by atoms with Gasteiger partial charge in [-0.05, 0) is 18.1 Å². The lowest BCUT2D eigenvalue weighted by molar-refractivity contribution is -0.275. The predicted molar refractivity (Wildman–Crippen MR) is 89.1 cm³/mol. The second-order valence-corrected chi connectivity index (χ2v) is 5.29. The van der Waals surface area contributed by atoms with Crippen LogP contribution in [0.15, 0.2) is 60.7 Å². The fraction of sp³-hybridized carbons (Fsp3) is 0.316. The van der Waals surface area contributed by atoms with E-state index in [4.69, 9.17) is 9.57 Å². The minimum atomic E-state index is -0.616. The van der Waals surface area contributed by atoms with E-state index in [0.717, 1.165) is 11.1 Å². The quantitative estimate of drug-likeness (QED) is 0.421. The van der Waals surface area contributed by atoms with Gasteiger partial charge in [0.25, 0.3) is 0 Å². The molecule has 2 aromatic carbocycles. The third kappa shape index (κ3) is 6.22. The Bertz CT molecular complexity index is 545. The van der Waals surface area contributed by atoms with Crippen molar-refractivity contribution in [1.29, 1.82) is 0 Å². The van der Waals surface area contributed by atoms with Crippen molar-refractivity contribution in [2.45, 2.75) is 39.6 Å². The third-order valence-corrected chi connectivity index (χ3v) is 3.29. The minimum Gasteiger partial charge on any atom is -0.434 e. The molecule has 0 fully saturated rings. The fourth-order valence-corrected chi connectivity index (χ4v) is 2.20. The van der Waals surface area contributed by atoms with E-state index in [1.54, 1.807) is 13.8 Å². The van der Waals surface area contributed by atoms with Crippen molar-refractivity contribution >= 4 is 5.97 Å². The molecule has 0 bridgehead atoms. The van der Waals surface area contributed by atoms with Crippen LogP contribution in [0.4, 0.5) is 0 Å². The van der Waals surface area contributed by atoms with E-state index in [1.807, 2.05) is 65.7 Å². The molecular formula is C19H23NO3. The summed E-state index contributed by atoms with van der Waals surface area (Å²) in [5, 5.41) is 1.82. The van der Waals surface area contributed by atoms with Crippen molar-refractivity contribution < 1.29 is 14.4 Å². The highest BCUT2D eigenvalue weighted by atomic mass is 16.8. The van der Waals surface area contributed by atoms with Crippen LogP contribution in [0.3, 0.4) is 0 Å². The zero-order chi connectivity index (χ0) is 16.5. The molecule has 0 radical (unpaired) electrons. The number of rotatable bonds is 8. The van der Waals surface area contributed by atoms with Gasteiger partial charge in [0.15, 0.2) is 0 Å². The molecule has 0 aromatic heterocycles. The van der Waals surface area contributed by atoms with Gasteiger partial charge in [0.05, 0.1) is 0 Å². The van der Waals surface area contributed by atoms with Crippen LogP contribution in [-0.4, -0.2) is 17.3 Å². The first-order valence-electron chi connectivity index (χ1n) is 7.86. The second kappa shape index (κ2) is 9.08. The molecular weight excluding hydrogens is 290 g/mol. The largest absolute Gasteiger partial charge is 0.434 e. The number of hydrogen-bond acceptors (Lipinski definition) is 4. The van der Waals surface area contributed by atoms with Crippen LogP contribution < -0.4 is 0 Å². The van der Waals surface area contributed by atoms with Gasteiger partial charge in [0.2, 0.25) is 6.29 Å². The molecule has 122 valence electrons. The Morgan fingerprint density at radius 1 is 0.957 bits per heavy atom. The lowest BCUT2D eigenvalue weighted by atomic mass is 10.2. The maximum Gasteiger partial charge on any atom is 0.307 e. The Balaban J connectivity index is 2.03. The maximum absolute atomic E-state index is 11.4. The Morgan fingerprint density at radius 3 is 1.87 bits per heavy atom. The van der Waals surface area contributed by atoms with Crippen LogP contribution in [0.2, 0.25) is 0 Å². The van der Waals surface area contributed by atoms with Crippen LogP contribution in [-0.2, 0) is 27.5 Å². The van der Waals surface area contributed by atoms with Crippen LogP contribution in [0, 0.1) is 0 Å². The molecule has 1 unspecified atom stereocenters. The van der Waals surface area contributed by atoms with E-state index < -0.39 is 6.29 Å². The zero-order valence-corrected chi connectivity index (χ0v) is 13.6. The summed E-state index contributed by atoms with van der Waals surface area (Å²) in [6, 6.07) is 20.1. The lowest BCUT2D eigenvalue weighted by Gasteiger charge is -2.25. The molecule has 2 aromatic rings. The van der Waals surface area contributed by atoms with Gasteiger partial charge in [-0.1, -0.05) is 67.6 Å². The van der Waals surface area contributed by atoms with E-state index >= 15 is 0 Å². The topological polar surface area (TPSA) is 38.8 Å². The van der Waals surface area contributed by atoms with E-state index in [2.05, 4.69) is 0 Å². The summed E-state index contributed by atoms with van der Waals surface area (Å²) in [6.07, 6.45) is -0.277. The van der Waals surface area contributed by atoms with Crippen LogP contribution in [0.25, 0.3) is 0 Å². The average Bonchev–Trinajstić information content (AvgIpc) is 2.56. The van der Waals surface area contributed by atoms with Gasteiger partial charge in [0, 0.05) is 19.5 Å². The first-order chi connectivity index (χ1) is 11.2. The number of benzene rings is 2. The van der Waals surface area contributed by atoms with Gasteiger partial charge in [-0.3, -0.25) is 9.63 Å². The molecule has 0 spiro atoms. The Kier molecular flexibility index (Phi) is 6.78. The summed E-state index contributed by atoms with van der Waals surface area (Å²) >= 11 is 0. The Labute approximate surface area is 137 Å². The molecule has 0 heterocycles. The van der Waals surface area contributed by atoms with Crippen molar-refractivity contribution in [1.82, 2.24) is 5.06 Å². The van der Waals surface area contributed by atoms with Crippen LogP contribution in [0.1, 0.15) is 31.4 Å². The van der Waals surface area contributed by atoms with E-state index in [1.165, 1.54) is 0 Å². The van der Waals surface area contributed by atoms with Gasteiger partial charge in [-0.15, -0.1) is 0 Å². The van der Waals surface area contributed by atoms with Crippen molar-refractivity contribution in [3.05, 3.63) is 71.8 Å². The number of nitrogens with zero attached hydrogens (tertiary/aromatic N) is 1. The SMILES string of the molecule is CCC(=O)OC(C)ON(Cc1ccccc1)Cc1ccccc1. The van der Waals surface area contributed by atoms with E-state index in [9.17, 15) is 4.79 Å². The molecule has 1 atom stereocenters. The molecule has 2 rings (SSSR count). The molecule has 0 aliphatic rings. The molecule has 23 heavy (non-hydrogen) atoms. The highest BCUT2D eigenvalue weighted by Crippen LogP contribution is 2.13. The average molecular weight is 313 g/mol. The van der Waals surface area contributed by atoms with E-state index in [-0.39, 0.29) is 5.97 Å². The summed E-state index contributed by atoms with van der Waals surface area (Å²) in [7, 11) is 0. The summed E-state index contributed by atoms with van der Waals surface area (Å²) in [5.74, 6) is -0.267. The molecule has 4 heteroatoms. The van der Waals surface area contributed by atoms with Crippen molar-refractivity contribution in [3.8, 4) is 0 Å². The smallest absolute Gasteiger partial charge is 0.307 e. The van der Waals surface area contributed by atoms with Crippen molar-refractivity contribution in [2.75, 3.05) is 0 Å². The molecule has 0 saturated heterocycles. The van der Waals surface area contributed by atoms with Crippen molar-refractivity contribution in [3.63, 3.8) is 0 Å². The Hall–Kier alpha value is -2.17. The predicted octanol–water partition coefficient (Wildman–Crippen LogP) is 3.92. The molecule has 0 aliphatic carbocycles. The highest BCUT2D eigenvalue weighted by molar-refractivity contribution is 5.68. The van der Waals surface area contributed by atoms with E-state index in [0.29, 0.717) is 19.5 Å². The molecule has 0 N–H and O–H groups in total. The summed E-state index contributed by atoms with van der Waals surface area (Å²) < 4.78 is 5.20. The highest BCUT2D eigenvalue weighted by Gasteiger charge is 2.15. The van der Waals surface area contributed by atoms with Gasteiger partial charge in [0.1, 0.15) is 0 Å². The van der Waals surface area contributed by atoms with Crippen LogP contribution in [0.5, 0.6) is 0 Å². The van der Waals surface area contributed by atoms with Gasteiger partial charge in [-0.2, -0.15) is 5.06 Å². The third-order valence-electron chi connectivity index (χ3n) is 3.29. The number of carbonyl (C=O) groups is 1. The summed E-state index contributed by atoms with van der Waals surface area (Å²) in [6.45, 7) is 4.73. The fourth-order valence-electron chi connectivity index (χ4n) is 2.20. The van der Waals surface area contributed by atoms with Gasteiger partial charge >= 0.3 is 5.97 Å². The Morgan fingerprint density at radius 2 is 1.43 bits per heavy atom. The summed E-state index contributed by atoms with van der Waals surface area (Å²) in [5.41, 5.74) is 2.27. The zero-order valence-electron chi connectivity index (χ0n) is 13.6. The molecule has 0 saturated carbocycles. The maximum atomic E-state index is 11.4. The van der Waals surface area contributed by atoms with Gasteiger partial charge < -0.3 is 4.74 Å². The molecule has 4 nitrogen and oxygen atoms in total. The molecule has 0 amide bonds. The standard InChI is InChI=1S/C19H23NO3/c1-3-19(21)22-16(2)23-20(14-17-10-6-4-7-11-17)15-18-12-8-5-9-13-18/h4-13,16H,3,14-15H2,1-2H3. The number of carbonyl (C=O) groups excluding carboxylic acids is 1. The first kappa shape index (κ1) is 17.2. The van der Waals surface area contributed by atoms with Crippen molar-refractivity contribution in [2.24, 2.45) is 0 Å². The second-order valence-electron chi connectivity index (χ2n) is 5.29.